The molecule has 1 aliphatic rings. The summed E-state index contributed by atoms with van der Waals surface area (Å²) in [5, 5.41) is 5.79. The molecule has 4 aromatic rings. The normalized spacial score (nSPS) is 14.1. The first-order valence-electron chi connectivity index (χ1n) is 9.05. The number of carbonyl (C=O) groups excluding carboxylic acids is 1. The lowest BCUT2D eigenvalue weighted by Crippen LogP contribution is -2.32. The van der Waals surface area contributed by atoms with E-state index < -0.39 is 0 Å². The van der Waals surface area contributed by atoms with E-state index in [9.17, 15) is 4.79 Å². The fourth-order valence-electron chi connectivity index (χ4n) is 3.35. The zero-order chi connectivity index (χ0) is 19.8. The second kappa shape index (κ2) is 7.39. The Hall–Kier alpha value is -3.09. The molecule has 0 atom stereocenters. The molecule has 140 valence electrons. The first-order valence-corrected chi connectivity index (χ1v) is 10.7. The van der Waals surface area contributed by atoms with Gasteiger partial charge in [-0.05, 0) is 64.9 Å². The average Bonchev–Trinajstić information content (AvgIpc) is 3.31. The van der Waals surface area contributed by atoms with Gasteiger partial charge >= 0.3 is 5.13 Å². The van der Waals surface area contributed by atoms with Crippen molar-refractivity contribution in [3.05, 3.63) is 99.8 Å². The number of nitrogens with one attached hydrogen (secondary N) is 1. The van der Waals surface area contributed by atoms with Crippen molar-refractivity contribution >= 4 is 44.1 Å². The average molecular weight is 461 g/mol. The first-order chi connectivity index (χ1) is 14.2. The molecule has 0 saturated heterocycles. The molecule has 0 bridgehead atoms. The van der Waals surface area contributed by atoms with Gasteiger partial charge in [-0.25, -0.2) is 0 Å². The van der Waals surface area contributed by atoms with Crippen LogP contribution in [0.2, 0.25) is 0 Å². The van der Waals surface area contributed by atoms with Crippen molar-refractivity contribution in [3.63, 3.8) is 0 Å². The molecule has 0 fully saturated rings. The Balaban J connectivity index is 1.69. The van der Waals surface area contributed by atoms with Crippen LogP contribution < -0.4 is 9.88 Å². The van der Waals surface area contributed by atoms with E-state index in [2.05, 4.69) is 55.5 Å². The van der Waals surface area contributed by atoms with Crippen LogP contribution in [0.4, 0.5) is 5.13 Å². The van der Waals surface area contributed by atoms with E-state index in [1.807, 2.05) is 54.6 Å². The number of aromatic nitrogens is 1. The highest BCUT2D eigenvalue weighted by Gasteiger charge is 2.30. The number of amides is 1. The van der Waals surface area contributed by atoms with E-state index in [-0.39, 0.29) is 5.91 Å². The third-order valence-electron chi connectivity index (χ3n) is 4.73. The van der Waals surface area contributed by atoms with E-state index in [0.29, 0.717) is 11.4 Å². The van der Waals surface area contributed by atoms with Crippen molar-refractivity contribution in [2.75, 3.05) is 0 Å². The monoisotopic (exact) mass is 460 g/mol. The van der Waals surface area contributed by atoms with Crippen LogP contribution in [-0.4, -0.2) is 11.7 Å². The number of benzene rings is 3. The molecule has 29 heavy (non-hydrogen) atoms. The number of aliphatic imine (C=N–C) groups is 1. The lowest BCUT2D eigenvalue weighted by molar-refractivity contribution is -0.565. The lowest BCUT2D eigenvalue weighted by atomic mass is 10.1. The highest BCUT2D eigenvalue weighted by Crippen LogP contribution is 2.29. The van der Waals surface area contributed by atoms with E-state index in [4.69, 9.17) is 4.99 Å². The highest BCUT2D eigenvalue weighted by atomic mass is 79.9. The van der Waals surface area contributed by atoms with Crippen molar-refractivity contribution < 1.29 is 9.36 Å². The molecule has 3 aromatic carbocycles. The Kier molecular flexibility index (Phi) is 4.58. The second-order valence-corrected chi connectivity index (χ2v) is 8.29. The van der Waals surface area contributed by atoms with Gasteiger partial charge in [0, 0.05) is 15.4 Å². The lowest BCUT2D eigenvalue weighted by Gasteiger charge is -2.04. The molecule has 1 aliphatic heterocycles. The Morgan fingerprint density at radius 2 is 1.55 bits per heavy atom. The van der Waals surface area contributed by atoms with Crippen molar-refractivity contribution in [1.29, 1.82) is 0 Å². The Bertz CT molecular complexity index is 1250. The van der Waals surface area contributed by atoms with Crippen LogP contribution in [0.15, 0.2) is 93.7 Å². The van der Waals surface area contributed by atoms with Crippen LogP contribution in [0.1, 0.15) is 15.9 Å². The summed E-state index contributed by atoms with van der Waals surface area (Å²) in [5.74, 6) is 0.467. The molecular weight excluding hydrogens is 446 g/mol. The summed E-state index contributed by atoms with van der Waals surface area (Å²) in [6.45, 7) is 0. The van der Waals surface area contributed by atoms with Gasteiger partial charge < -0.3 is 0 Å². The minimum atomic E-state index is -0.115. The van der Waals surface area contributed by atoms with Crippen molar-refractivity contribution in [1.82, 2.24) is 5.32 Å². The summed E-state index contributed by atoms with van der Waals surface area (Å²) in [6.07, 6.45) is 0. The topological polar surface area (TPSA) is 45.3 Å². The van der Waals surface area contributed by atoms with Crippen LogP contribution >= 0.6 is 27.3 Å². The summed E-state index contributed by atoms with van der Waals surface area (Å²) in [5.41, 5.74) is 4.64. The fraction of sp³-hybridized carbons (Fsp3) is 0. The Morgan fingerprint density at radius 3 is 2.31 bits per heavy atom. The van der Waals surface area contributed by atoms with E-state index >= 15 is 0 Å². The maximum Gasteiger partial charge on any atom is 0.390 e. The SMILES string of the molecule is O=C1NC(=Nc2scc(-c3ccc(Br)cc3)[n+]2-c2ccccc2)c2ccccc21. The van der Waals surface area contributed by atoms with E-state index in [1.54, 1.807) is 11.3 Å². The smallest absolute Gasteiger partial charge is 0.285 e. The molecule has 1 N–H and O–H groups in total. The molecule has 2 heterocycles. The van der Waals surface area contributed by atoms with E-state index in [0.717, 1.165) is 32.1 Å². The number of para-hydroxylation sites is 1. The van der Waals surface area contributed by atoms with Gasteiger partial charge in [0.25, 0.3) is 11.7 Å². The van der Waals surface area contributed by atoms with E-state index in [1.165, 1.54) is 0 Å². The molecule has 5 rings (SSSR count). The molecule has 0 spiro atoms. The molecule has 0 radical (unpaired) electrons. The number of thiazole rings is 1. The van der Waals surface area contributed by atoms with Crippen molar-refractivity contribution in [2.24, 2.45) is 4.99 Å². The fourth-order valence-corrected chi connectivity index (χ4v) is 4.53. The summed E-state index contributed by atoms with van der Waals surface area (Å²) >= 11 is 5.04. The number of hydrogen-bond acceptors (Lipinski definition) is 3. The number of hydrogen-bond donors (Lipinski definition) is 1. The third kappa shape index (κ3) is 3.30. The molecule has 0 saturated carbocycles. The van der Waals surface area contributed by atoms with Gasteiger partial charge in [-0.1, -0.05) is 46.3 Å². The molecule has 6 heteroatoms. The highest BCUT2D eigenvalue weighted by molar-refractivity contribution is 9.10. The number of halogens is 1. The van der Waals surface area contributed by atoms with Gasteiger partial charge in [0.05, 0.1) is 11.1 Å². The predicted molar refractivity (Wildman–Crippen MR) is 119 cm³/mol. The molecule has 1 amide bonds. The van der Waals surface area contributed by atoms with Gasteiger partial charge in [0.15, 0.2) is 5.69 Å². The van der Waals surface area contributed by atoms with Crippen molar-refractivity contribution in [3.8, 4) is 16.9 Å². The Morgan fingerprint density at radius 1 is 0.862 bits per heavy atom. The van der Waals surface area contributed by atoms with Gasteiger partial charge in [0.1, 0.15) is 5.69 Å². The number of nitrogens with zero attached hydrogens (tertiary/aromatic N) is 2. The van der Waals surface area contributed by atoms with Crippen LogP contribution in [0.25, 0.3) is 16.9 Å². The van der Waals surface area contributed by atoms with Gasteiger partial charge in [-0.15, -0.1) is 0 Å². The maximum absolute atomic E-state index is 12.3. The number of carbonyl (C=O) groups is 1. The van der Waals surface area contributed by atoms with Crippen LogP contribution in [0.5, 0.6) is 0 Å². The standard InChI is InChI=1S/C23H14BrN3OS/c24-16-12-10-15(11-13-16)20-14-29-23(27(20)17-6-2-1-3-7-17)26-21-18-8-4-5-9-19(18)22(28)25-21/h1-14H/p+1. The molecule has 1 aromatic heterocycles. The number of amidine groups is 1. The summed E-state index contributed by atoms with van der Waals surface area (Å²) in [6, 6.07) is 25.9. The molecule has 0 aliphatic carbocycles. The zero-order valence-electron chi connectivity index (χ0n) is 15.2. The quantitative estimate of drug-likeness (QED) is 0.415. The molecular formula is C23H15BrN3OS+. The minimum absolute atomic E-state index is 0.115. The van der Waals surface area contributed by atoms with Gasteiger partial charge in [-0.2, -0.15) is 4.57 Å². The number of rotatable bonds is 3. The first kappa shape index (κ1) is 18.0. The number of fused-ring (bicyclic) bond motifs is 1. The second-order valence-electron chi connectivity index (χ2n) is 6.54. The van der Waals surface area contributed by atoms with Gasteiger partial charge in [-0.3, -0.25) is 10.1 Å². The maximum atomic E-state index is 12.3. The van der Waals surface area contributed by atoms with Crippen LogP contribution in [0, 0.1) is 0 Å². The Labute approximate surface area is 180 Å². The minimum Gasteiger partial charge on any atom is -0.285 e. The summed E-state index contributed by atoms with van der Waals surface area (Å²) < 4.78 is 3.15. The summed E-state index contributed by atoms with van der Waals surface area (Å²) in [7, 11) is 0. The van der Waals surface area contributed by atoms with Gasteiger partial charge in [0.2, 0.25) is 0 Å². The summed E-state index contributed by atoms with van der Waals surface area (Å²) in [4.78, 5) is 17.1. The van der Waals surface area contributed by atoms with Crippen molar-refractivity contribution in [2.45, 2.75) is 0 Å². The zero-order valence-corrected chi connectivity index (χ0v) is 17.6. The third-order valence-corrected chi connectivity index (χ3v) is 6.08. The van der Waals surface area contributed by atoms with Crippen LogP contribution in [0.3, 0.4) is 0 Å². The molecule has 0 unspecified atom stereocenters. The predicted octanol–water partition coefficient (Wildman–Crippen LogP) is 5.28. The van der Waals surface area contributed by atoms with Crippen LogP contribution in [-0.2, 0) is 0 Å². The molecule has 4 nitrogen and oxygen atoms in total. The largest absolute Gasteiger partial charge is 0.390 e.